The van der Waals surface area contributed by atoms with Crippen molar-refractivity contribution in [3.63, 3.8) is 0 Å². The molecule has 1 aliphatic rings. The molecular weight excluding hydrogens is 1490 g/mol. The van der Waals surface area contributed by atoms with E-state index in [2.05, 4.69) is 70.8 Å². The van der Waals surface area contributed by atoms with E-state index in [0.717, 1.165) is 29.1 Å². The first-order chi connectivity index (χ1) is 52.2. The third-order valence-corrected chi connectivity index (χ3v) is 19.0. The number of carboxylic acid groups (broad SMARTS) is 3. The number of rotatable bonds is 49. The predicted molar refractivity (Wildman–Crippen MR) is 411 cm³/mol. The largest absolute Gasteiger partial charge is 0.481 e. The maximum Gasteiger partial charge on any atom is 0.338 e. The number of carboxylic acids is 3. The average Bonchev–Trinajstić information content (AvgIpc) is 1.73. The van der Waals surface area contributed by atoms with E-state index in [4.69, 9.17) is 27.7 Å². The molecule has 0 aliphatic carbocycles. The highest BCUT2D eigenvalue weighted by Gasteiger charge is 2.42. The molecule has 13 atom stereocenters. The van der Waals surface area contributed by atoms with E-state index in [1.54, 1.807) is 82.3 Å². The Morgan fingerprint density at radius 1 is 0.622 bits per heavy atom. The smallest absolute Gasteiger partial charge is 0.338 e. The summed E-state index contributed by atoms with van der Waals surface area (Å²) >= 11 is 5.22. The lowest BCUT2D eigenvalue weighted by Gasteiger charge is -2.31. The van der Waals surface area contributed by atoms with E-state index in [1.807, 2.05) is 20.8 Å². The third kappa shape index (κ3) is 33.8. The molecule has 618 valence electrons. The first-order valence-electron chi connectivity index (χ1n) is 36.5. The summed E-state index contributed by atoms with van der Waals surface area (Å²) in [5.41, 5.74) is 24.3. The third-order valence-electron chi connectivity index (χ3n) is 17.6. The number of esters is 1. The van der Waals surface area contributed by atoms with Gasteiger partial charge < -0.3 is 111 Å². The van der Waals surface area contributed by atoms with E-state index < -0.39 is 205 Å². The van der Waals surface area contributed by atoms with E-state index in [9.17, 15) is 97.5 Å². The Bertz CT molecular complexity index is 3510. The predicted octanol–water partition coefficient (Wildman–Crippen LogP) is -3.11. The molecule has 0 radical (unpaired) electrons. The van der Waals surface area contributed by atoms with Gasteiger partial charge in [-0.2, -0.15) is 24.4 Å². The summed E-state index contributed by atoms with van der Waals surface area (Å²) in [5.74, 6) is -17.9. The van der Waals surface area contributed by atoms with Crippen molar-refractivity contribution in [1.29, 1.82) is 0 Å². The van der Waals surface area contributed by atoms with Crippen molar-refractivity contribution in [1.82, 2.24) is 58.1 Å². The molecule has 0 saturated carbocycles. The number of aliphatic imine (C=N–C) groups is 1. The number of hydrogen-bond acceptors (Lipinski definition) is 23. The van der Waals surface area contributed by atoms with E-state index in [0.29, 0.717) is 12.0 Å². The van der Waals surface area contributed by atoms with Crippen LogP contribution in [0.5, 0.6) is 0 Å². The molecule has 39 heteroatoms. The van der Waals surface area contributed by atoms with Crippen molar-refractivity contribution in [3.8, 4) is 0 Å². The molecule has 1 heterocycles. The van der Waals surface area contributed by atoms with Crippen LogP contribution in [-0.2, 0) is 83.7 Å². The van der Waals surface area contributed by atoms with Crippen molar-refractivity contribution < 1.29 is 102 Å². The van der Waals surface area contributed by atoms with Crippen molar-refractivity contribution >= 4 is 119 Å². The molecule has 2 aromatic carbocycles. The van der Waals surface area contributed by atoms with Gasteiger partial charge in [-0.05, 0) is 112 Å². The number of nitrogens with one attached hydrogen (secondary N) is 10. The van der Waals surface area contributed by atoms with Crippen molar-refractivity contribution in [3.05, 3.63) is 71.3 Å². The number of carbonyl (C=O) groups is 15. The fourth-order valence-electron chi connectivity index (χ4n) is 11.3. The summed E-state index contributed by atoms with van der Waals surface area (Å²) in [4.78, 5) is 210. The van der Waals surface area contributed by atoms with Crippen LogP contribution in [0.15, 0.2) is 59.6 Å². The number of thioether (sulfide) groups is 1. The first kappa shape index (κ1) is 95.5. The minimum atomic E-state index is -1.84. The monoisotopic (exact) mass is 1600 g/mol. The maximum absolute atomic E-state index is 15.0. The van der Waals surface area contributed by atoms with Crippen LogP contribution in [-0.4, -0.2) is 254 Å². The lowest BCUT2D eigenvalue weighted by molar-refractivity contribution is -0.145. The van der Waals surface area contributed by atoms with Crippen LogP contribution < -0.4 is 76.1 Å². The number of carbonyl (C=O) groups excluding carboxylic acids is 12. The second-order valence-corrected chi connectivity index (χ2v) is 30.1. The molecule has 111 heavy (non-hydrogen) atoms. The molecule has 0 spiro atoms. The molecule has 11 amide bonds. The number of nitrogens with zero attached hydrogens (tertiary/aromatic N) is 2. The summed E-state index contributed by atoms with van der Waals surface area (Å²) in [6.45, 7) is 12.5. The highest BCUT2D eigenvalue weighted by atomic mass is 32.2. The van der Waals surface area contributed by atoms with Crippen molar-refractivity contribution in [2.45, 2.75) is 216 Å². The van der Waals surface area contributed by atoms with Gasteiger partial charge in [-0.3, -0.25) is 67.3 Å². The lowest BCUT2D eigenvalue weighted by atomic mass is 9.87. The van der Waals surface area contributed by atoms with Gasteiger partial charge >= 0.3 is 23.9 Å². The number of likely N-dealkylation sites (tertiary alicyclic amines) is 1. The topological polar surface area (TPSA) is 606 Å². The molecule has 2 aromatic rings. The van der Waals surface area contributed by atoms with Gasteiger partial charge in [-0.25, -0.2) is 9.59 Å². The fourth-order valence-corrected chi connectivity index (χ4v) is 12.3. The molecular formula is C72H112N16O21S2. The molecule has 0 aromatic heterocycles. The number of nitrogens with two attached hydrogens (primary N) is 4. The van der Waals surface area contributed by atoms with Crippen LogP contribution in [0.3, 0.4) is 0 Å². The SMILES string of the molecule is CC(C)C[C@H](NC(=O)[C@H](Cc1ccccc1)NC(=O)[C@H](CS)NC(=O)[C@H](CC(=O)O)NC(=O)[C@@H](N)C(C)C)C(=O)N[C@@H](CO)C(=O)N[C@@H](CCCN=C(N)N)C(=O)N1CCC[C@H]1C(=O)N[C@@H](CSCCOC(=O)c1ccc(C(C)(C)C)cc1)C(=O)N[C@@H](CCC(=O)O)C(=O)N[C@@H](CCCCN)C(=O)N[C@H](C(=O)O)[C@@H](C)O. The van der Waals surface area contributed by atoms with Gasteiger partial charge in [0.1, 0.15) is 67.0 Å². The van der Waals surface area contributed by atoms with Gasteiger partial charge in [0.15, 0.2) is 12.0 Å². The number of aliphatic hydroxyl groups is 2. The summed E-state index contributed by atoms with van der Waals surface area (Å²) < 4.78 is 5.52. The molecule has 3 rings (SSSR count). The maximum atomic E-state index is 15.0. The second kappa shape index (κ2) is 48.2. The average molecular weight is 1600 g/mol. The number of amides is 11. The number of aliphatic carboxylic acids is 3. The lowest BCUT2D eigenvalue weighted by Crippen LogP contribution is -2.61. The number of ether oxygens (including phenoxy) is 1. The molecule has 37 nitrogen and oxygen atoms in total. The summed E-state index contributed by atoms with van der Waals surface area (Å²) in [5, 5.41) is 74.5. The number of guanidine groups is 1. The first-order valence-corrected chi connectivity index (χ1v) is 38.3. The zero-order valence-electron chi connectivity index (χ0n) is 63.8. The molecule has 0 unspecified atom stereocenters. The quantitative estimate of drug-likeness (QED) is 0.0103. The van der Waals surface area contributed by atoms with Crippen LogP contribution in [0.2, 0.25) is 0 Å². The van der Waals surface area contributed by atoms with Gasteiger partial charge in [0, 0.05) is 43.2 Å². The van der Waals surface area contributed by atoms with Crippen molar-refractivity contribution in [2.24, 2.45) is 39.8 Å². The number of thiol groups is 1. The molecule has 1 aliphatic heterocycles. The van der Waals surface area contributed by atoms with Crippen molar-refractivity contribution in [2.75, 3.05) is 50.1 Å². The Hall–Kier alpha value is -9.70. The molecule has 23 N–H and O–H groups in total. The number of unbranched alkanes of at least 4 members (excludes halogenated alkanes) is 1. The summed E-state index contributed by atoms with van der Waals surface area (Å²) in [6, 6.07) is -3.75. The van der Waals surface area contributed by atoms with Crippen LogP contribution >= 0.6 is 24.4 Å². The van der Waals surface area contributed by atoms with Crippen LogP contribution in [0, 0.1) is 11.8 Å². The van der Waals surface area contributed by atoms with E-state index in [-0.39, 0.29) is 112 Å². The molecule has 1 saturated heterocycles. The number of aliphatic hydroxyl groups excluding tert-OH is 2. The van der Waals surface area contributed by atoms with Crippen LogP contribution in [0.1, 0.15) is 148 Å². The Labute approximate surface area is 654 Å². The number of benzene rings is 2. The Morgan fingerprint density at radius 2 is 1.14 bits per heavy atom. The Morgan fingerprint density at radius 3 is 1.70 bits per heavy atom. The highest BCUT2D eigenvalue weighted by Crippen LogP contribution is 2.24. The van der Waals surface area contributed by atoms with Gasteiger partial charge in [0.25, 0.3) is 0 Å². The summed E-state index contributed by atoms with van der Waals surface area (Å²) in [7, 11) is 0. The highest BCUT2D eigenvalue weighted by molar-refractivity contribution is 7.99. The second-order valence-electron chi connectivity index (χ2n) is 28.6. The molecule has 1 fully saturated rings. The fraction of sp³-hybridized carbons (Fsp3) is 0.611. The molecule has 0 bridgehead atoms. The normalized spacial score (nSPS) is 16.0. The van der Waals surface area contributed by atoms with E-state index >= 15 is 0 Å². The zero-order valence-corrected chi connectivity index (χ0v) is 65.5. The standard InChI is InChI=1S/C72H112N16O21S2/c1-38(2)32-47(81-61(98)48(33-41-16-10-9-11-17-41)82-64(101)51(36-110)85-62(99)49(34-55(93)94)83-67(104)56(74)39(3)4)60(97)84-50(35-89)63(100)80-46(19-14-28-77-71(75)76)68(105)88-29-15-20-53(88)66(103)86-52(37-111-31-30-109-70(108)42-21-23-43(24-22-42)72(6,7)8)65(102)79-45(25-26-54(91)92)58(95)78-44(18-12-13-27-73)59(96)87-57(40(5)90)69(106)107/h9-11,16-17,21-24,38-40,44-53,56-57,89-90,110H,12-15,18-20,25-37,73-74H2,1-8H3,(H,78,95)(H,79,102)(H,80,100)(H,81,98)(H,82,101)(H,83,104)(H,84,97)(H,85,99)(H,86,103)(H,87,96)(H,91,92)(H,93,94)(H,106,107)(H4,75,76,77)/t40-,44+,45+,46+,47+,48+,49+,50+,51+,52+,53+,56+,57+/m1/s1. The zero-order chi connectivity index (χ0) is 83.4. The minimum Gasteiger partial charge on any atom is -0.481 e. The van der Waals surface area contributed by atoms with Gasteiger partial charge in [-0.15, -0.1) is 0 Å². The Balaban J connectivity index is 2.00. The van der Waals surface area contributed by atoms with Gasteiger partial charge in [0.2, 0.25) is 65.0 Å². The van der Waals surface area contributed by atoms with Gasteiger partial charge in [0.05, 0.1) is 30.7 Å². The van der Waals surface area contributed by atoms with Crippen LogP contribution in [0.25, 0.3) is 0 Å². The minimum absolute atomic E-state index is 0.00945. The van der Waals surface area contributed by atoms with Crippen LogP contribution in [0.4, 0.5) is 0 Å². The summed E-state index contributed by atoms with van der Waals surface area (Å²) in [6.07, 6.45) is -3.75. The number of hydrogen-bond donors (Lipinski definition) is 20. The van der Waals surface area contributed by atoms with E-state index in [1.165, 1.54) is 0 Å². The van der Waals surface area contributed by atoms with Gasteiger partial charge in [-0.1, -0.05) is 90.9 Å². The Kier molecular flexibility index (Phi) is 41.4.